The van der Waals surface area contributed by atoms with E-state index in [2.05, 4.69) is 14.8 Å². The Morgan fingerprint density at radius 3 is 2.37 bits per heavy atom. The topological polar surface area (TPSA) is 104 Å². The number of piperidine rings is 1. The highest BCUT2D eigenvalue weighted by molar-refractivity contribution is 6.42. The number of alkyl halides is 1. The van der Waals surface area contributed by atoms with Crippen molar-refractivity contribution >= 4 is 28.7 Å². The van der Waals surface area contributed by atoms with Crippen molar-refractivity contribution in [2.24, 2.45) is 7.05 Å². The molecule has 2 aromatic heterocycles. The number of hydrogen-bond donors (Lipinski definition) is 0. The van der Waals surface area contributed by atoms with Crippen LogP contribution in [0.1, 0.15) is 39.3 Å². The van der Waals surface area contributed by atoms with Crippen LogP contribution >= 0.6 is 0 Å². The number of carbonyl (C=O) groups excluding carboxylic acids is 3. The molecular formula is C24H24F2N4O5. The van der Waals surface area contributed by atoms with Gasteiger partial charge in [0.25, 0.3) is 11.7 Å². The monoisotopic (exact) mass is 486 g/mol. The first-order valence-corrected chi connectivity index (χ1v) is 10.9. The first kappa shape index (κ1) is 24.2. The van der Waals surface area contributed by atoms with Crippen LogP contribution in [0.5, 0.6) is 5.88 Å². The number of carbonyl (C=O) groups is 3. The van der Waals surface area contributed by atoms with E-state index in [4.69, 9.17) is 4.74 Å². The molecule has 0 N–H and O–H groups in total. The predicted octanol–water partition coefficient (Wildman–Crippen LogP) is 2.66. The quantitative estimate of drug-likeness (QED) is 0.300. The van der Waals surface area contributed by atoms with Gasteiger partial charge in [-0.3, -0.25) is 14.3 Å². The molecule has 0 spiro atoms. The number of amides is 1. The lowest BCUT2D eigenvalue weighted by Crippen LogP contribution is -2.45. The SMILES string of the molecule is COC(=O)C(=O)c1c2cc(C(=O)N3CCC(F)(Cc4ccc(F)cc4)CC3)c(OC)nc2nn1C. The highest BCUT2D eigenvalue weighted by atomic mass is 19.1. The van der Waals surface area contributed by atoms with Crippen molar-refractivity contribution in [1.29, 1.82) is 0 Å². The Morgan fingerprint density at radius 2 is 1.77 bits per heavy atom. The molecule has 1 saturated heterocycles. The number of benzene rings is 1. The fourth-order valence-corrected chi connectivity index (χ4v) is 4.30. The summed E-state index contributed by atoms with van der Waals surface area (Å²) in [5.74, 6) is -2.83. The van der Waals surface area contributed by atoms with Crippen molar-refractivity contribution in [1.82, 2.24) is 19.7 Å². The van der Waals surface area contributed by atoms with Crippen molar-refractivity contribution < 1.29 is 32.6 Å². The van der Waals surface area contributed by atoms with E-state index in [0.29, 0.717) is 5.56 Å². The number of likely N-dealkylation sites (tertiary alicyclic amines) is 1. The van der Waals surface area contributed by atoms with Gasteiger partial charge < -0.3 is 14.4 Å². The highest BCUT2D eigenvalue weighted by Crippen LogP contribution is 2.33. The molecule has 1 amide bonds. The largest absolute Gasteiger partial charge is 0.480 e. The van der Waals surface area contributed by atoms with E-state index in [1.54, 1.807) is 12.1 Å². The molecule has 1 aliphatic heterocycles. The summed E-state index contributed by atoms with van der Waals surface area (Å²) in [7, 11) is 3.91. The Hall–Kier alpha value is -3.89. The lowest BCUT2D eigenvalue weighted by atomic mass is 9.87. The summed E-state index contributed by atoms with van der Waals surface area (Å²) < 4.78 is 39.6. The van der Waals surface area contributed by atoms with Crippen molar-refractivity contribution in [3.63, 3.8) is 0 Å². The van der Waals surface area contributed by atoms with Crippen LogP contribution in [0.2, 0.25) is 0 Å². The second kappa shape index (κ2) is 9.40. The summed E-state index contributed by atoms with van der Waals surface area (Å²) in [6.45, 7) is 0.303. The summed E-state index contributed by atoms with van der Waals surface area (Å²) in [4.78, 5) is 43.4. The van der Waals surface area contributed by atoms with E-state index >= 15 is 4.39 Å². The van der Waals surface area contributed by atoms with Crippen LogP contribution in [0, 0.1) is 5.82 Å². The fourth-order valence-electron chi connectivity index (χ4n) is 4.30. The maximum absolute atomic E-state index is 15.4. The summed E-state index contributed by atoms with van der Waals surface area (Å²) in [6.07, 6.45) is 0.334. The minimum Gasteiger partial charge on any atom is -0.480 e. The molecule has 11 heteroatoms. The number of rotatable bonds is 6. The van der Waals surface area contributed by atoms with Crippen molar-refractivity contribution in [3.05, 3.63) is 53.0 Å². The molecule has 0 bridgehead atoms. The molecule has 3 heterocycles. The Balaban J connectivity index is 1.58. The van der Waals surface area contributed by atoms with Crippen LogP contribution in [0.15, 0.2) is 30.3 Å². The number of esters is 1. The van der Waals surface area contributed by atoms with Gasteiger partial charge in [-0.2, -0.15) is 10.1 Å². The third-order valence-corrected chi connectivity index (χ3v) is 6.18. The molecule has 9 nitrogen and oxygen atoms in total. The fraction of sp³-hybridized carbons (Fsp3) is 0.375. The zero-order valence-corrected chi connectivity index (χ0v) is 19.5. The van der Waals surface area contributed by atoms with E-state index in [1.807, 2.05) is 0 Å². The number of aromatic nitrogens is 3. The van der Waals surface area contributed by atoms with Crippen molar-refractivity contribution in [2.75, 3.05) is 27.3 Å². The number of hydrogen-bond acceptors (Lipinski definition) is 7. The lowest BCUT2D eigenvalue weighted by molar-refractivity contribution is -0.135. The molecule has 1 fully saturated rings. The van der Waals surface area contributed by atoms with Crippen LogP contribution in [0.4, 0.5) is 8.78 Å². The third-order valence-electron chi connectivity index (χ3n) is 6.18. The number of aryl methyl sites for hydroxylation is 1. The van der Waals surface area contributed by atoms with Crippen molar-refractivity contribution in [3.8, 4) is 5.88 Å². The van der Waals surface area contributed by atoms with E-state index in [-0.39, 0.29) is 66.3 Å². The summed E-state index contributed by atoms with van der Waals surface area (Å²) in [5, 5.41) is 4.33. The molecule has 4 rings (SSSR count). The standard InChI is InChI=1S/C24H24F2N4O5/c1-29-18(19(31)23(33)35-3)16-12-17(21(34-2)27-20(16)28-29)22(32)30-10-8-24(26,9-11-30)13-14-4-6-15(25)7-5-14/h4-7,12H,8-11,13H2,1-3H3. The molecule has 0 unspecified atom stereocenters. The number of methoxy groups -OCH3 is 2. The van der Waals surface area contributed by atoms with E-state index in [1.165, 1.54) is 41.9 Å². The van der Waals surface area contributed by atoms with Gasteiger partial charge in [0.1, 0.15) is 22.7 Å². The maximum atomic E-state index is 15.4. The maximum Gasteiger partial charge on any atom is 0.381 e. The Kier molecular flexibility index (Phi) is 6.51. The smallest absolute Gasteiger partial charge is 0.381 e. The summed E-state index contributed by atoms with van der Waals surface area (Å²) in [5.41, 5.74) is -0.725. The molecule has 1 aliphatic rings. The average Bonchev–Trinajstić information content (AvgIpc) is 3.18. The van der Waals surface area contributed by atoms with Gasteiger partial charge in [0.05, 0.1) is 19.6 Å². The molecule has 0 aliphatic carbocycles. The number of Topliss-reactive ketones (excluding diaryl/α,β-unsaturated/α-hetero) is 1. The van der Waals surface area contributed by atoms with Gasteiger partial charge in [0, 0.05) is 26.6 Å². The number of ether oxygens (including phenoxy) is 2. The van der Waals surface area contributed by atoms with E-state index < -0.39 is 23.3 Å². The van der Waals surface area contributed by atoms with Crippen LogP contribution in [-0.4, -0.2) is 70.3 Å². The number of nitrogens with zero attached hydrogens (tertiary/aromatic N) is 4. The zero-order chi connectivity index (χ0) is 25.3. The molecule has 3 aromatic rings. The van der Waals surface area contributed by atoms with Gasteiger partial charge in [0.2, 0.25) is 5.88 Å². The second-order valence-corrected chi connectivity index (χ2v) is 8.46. The van der Waals surface area contributed by atoms with Gasteiger partial charge in [0.15, 0.2) is 5.65 Å². The van der Waals surface area contributed by atoms with E-state index in [9.17, 15) is 18.8 Å². The van der Waals surface area contributed by atoms with Gasteiger partial charge in [-0.25, -0.2) is 13.6 Å². The molecule has 0 atom stereocenters. The minimum atomic E-state index is -1.52. The first-order chi connectivity index (χ1) is 16.7. The number of ketones is 1. The van der Waals surface area contributed by atoms with Gasteiger partial charge in [-0.05, 0) is 36.6 Å². The van der Waals surface area contributed by atoms with Gasteiger partial charge in [-0.15, -0.1) is 0 Å². The lowest BCUT2D eigenvalue weighted by Gasteiger charge is -2.36. The molecule has 1 aromatic carbocycles. The van der Waals surface area contributed by atoms with Crippen molar-refractivity contribution in [2.45, 2.75) is 24.9 Å². The molecular weight excluding hydrogens is 462 g/mol. The van der Waals surface area contributed by atoms with Crippen LogP contribution in [0.25, 0.3) is 11.0 Å². The Morgan fingerprint density at radius 1 is 1.11 bits per heavy atom. The molecule has 0 radical (unpaired) electrons. The molecule has 35 heavy (non-hydrogen) atoms. The van der Waals surface area contributed by atoms with Crippen LogP contribution in [0.3, 0.4) is 0 Å². The second-order valence-electron chi connectivity index (χ2n) is 8.46. The summed E-state index contributed by atoms with van der Waals surface area (Å²) in [6, 6.07) is 7.11. The Bertz CT molecular complexity index is 1300. The van der Waals surface area contributed by atoms with E-state index in [0.717, 1.165) is 7.11 Å². The average molecular weight is 486 g/mol. The third kappa shape index (κ3) is 4.71. The number of halogens is 2. The number of pyridine rings is 1. The summed E-state index contributed by atoms with van der Waals surface area (Å²) >= 11 is 0. The van der Waals surface area contributed by atoms with Crippen LogP contribution in [-0.2, 0) is 23.0 Å². The minimum absolute atomic E-state index is 0.000986. The molecule has 0 saturated carbocycles. The number of fused-ring (bicyclic) bond motifs is 1. The zero-order valence-electron chi connectivity index (χ0n) is 19.5. The van der Waals surface area contributed by atoms with Crippen LogP contribution < -0.4 is 4.74 Å². The van der Waals surface area contributed by atoms with Gasteiger partial charge >= 0.3 is 5.97 Å². The first-order valence-electron chi connectivity index (χ1n) is 10.9. The molecule has 184 valence electrons. The highest BCUT2D eigenvalue weighted by Gasteiger charge is 2.37. The predicted molar refractivity (Wildman–Crippen MR) is 120 cm³/mol. The van der Waals surface area contributed by atoms with Gasteiger partial charge in [-0.1, -0.05) is 12.1 Å². The Labute approximate surface area is 199 Å². The normalized spacial score (nSPS) is 15.2.